The third-order valence-corrected chi connectivity index (χ3v) is 4.14. The van der Waals surface area contributed by atoms with Gasteiger partial charge in [-0.2, -0.15) is 0 Å². The fraction of sp³-hybridized carbons (Fsp3) is 0.0909. The minimum atomic E-state index is -0.238. The summed E-state index contributed by atoms with van der Waals surface area (Å²) in [6.07, 6.45) is 1.49. The first-order chi connectivity index (χ1) is 8.61. The molecule has 0 saturated carbocycles. The molecule has 0 aliphatic heterocycles. The lowest BCUT2D eigenvalue weighted by molar-refractivity contribution is 0.102. The van der Waals surface area contributed by atoms with E-state index in [4.69, 9.17) is 16.3 Å². The molecule has 94 valence electrons. The second-order valence-corrected chi connectivity index (χ2v) is 5.40. The van der Waals surface area contributed by atoms with Gasteiger partial charge in [0.2, 0.25) is 0 Å². The zero-order chi connectivity index (χ0) is 13.1. The molecule has 2 heterocycles. The number of pyridine rings is 1. The van der Waals surface area contributed by atoms with Gasteiger partial charge in [-0.3, -0.25) is 4.79 Å². The maximum absolute atomic E-state index is 12.0. The van der Waals surface area contributed by atoms with Crippen molar-refractivity contribution in [1.29, 1.82) is 0 Å². The van der Waals surface area contributed by atoms with Gasteiger partial charge < -0.3 is 10.1 Å². The summed E-state index contributed by atoms with van der Waals surface area (Å²) in [6, 6.07) is 3.43. The van der Waals surface area contributed by atoms with Crippen molar-refractivity contribution >= 4 is 50.5 Å². The van der Waals surface area contributed by atoms with E-state index in [1.807, 2.05) is 0 Å². The average Bonchev–Trinajstić information content (AvgIpc) is 2.82. The van der Waals surface area contributed by atoms with Gasteiger partial charge in [0, 0.05) is 0 Å². The number of rotatable bonds is 3. The molecule has 18 heavy (non-hydrogen) atoms. The van der Waals surface area contributed by atoms with Gasteiger partial charge in [0.25, 0.3) is 5.91 Å². The zero-order valence-electron chi connectivity index (χ0n) is 9.24. The Morgan fingerprint density at radius 2 is 2.39 bits per heavy atom. The fourth-order valence-corrected chi connectivity index (χ4v) is 2.51. The highest BCUT2D eigenvalue weighted by Crippen LogP contribution is 2.27. The van der Waals surface area contributed by atoms with Crippen molar-refractivity contribution in [3.8, 4) is 5.75 Å². The predicted molar refractivity (Wildman–Crippen MR) is 75.8 cm³/mol. The normalized spacial score (nSPS) is 10.2. The van der Waals surface area contributed by atoms with Gasteiger partial charge in [-0.25, -0.2) is 4.98 Å². The monoisotopic (exact) mass is 346 g/mol. The molecule has 0 unspecified atom stereocenters. The molecule has 0 fully saturated rings. The molecule has 2 aromatic rings. The van der Waals surface area contributed by atoms with Gasteiger partial charge in [0.15, 0.2) is 0 Å². The predicted octanol–water partition coefficient (Wildman–Crippen LogP) is 3.82. The van der Waals surface area contributed by atoms with Crippen LogP contribution in [-0.4, -0.2) is 18.0 Å². The summed E-state index contributed by atoms with van der Waals surface area (Å²) in [7, 11) is 1.53. The number of nitrogens with zero attached hydrogens (tertiary/aromatic N) is 1. The van der Waals surface area contributed by atoms with Crippen LogP contribution in [0.5, 0.6) is 5.75 Å². The lowest BCUT2D eigenvalue weighted by atomic mass is 10.3. The van der Waals surface area contributed by atoms with E-state index in [-0.39, 0.29) is 5.91 Å². The quantitative estimate of drug-likeness (QED) is 0.859. The standard InChI is InChI=1S/C11H8BrClN2O2S/c1-17-8-2-3-18-9(8)11(16)15-6-4-7(12)10(13)14-5-6/h2-5H,1H3,(H,15,16). The van der Waals surface area contributed by atoms with E-state index < -0.39 is 0 Å². The molecule has 0 spiro atoms. The molecule has 2 rings (SSSR count). The Labute approximate surface area is 121 Å². The number of amides is 1. The van der Waals surface area contributed by atoms with Crippen LogP contribution in [0.1, 0.15) is 9.67 Å². The van der Waals surface area contributed by atoms with Gasteiger partial charge in [0.1, 0.15) is 15.8 Å². The first-order valence-corrected chi connectivity index (χ1v) is 6.90. The number of nitrogens with one attached hydrogen (secondary N) is 1. The molecule has 0 aliphatic rings. The van der Waals surface area contributed by atoms with Crippen molar-refractivity contribution in [2.45, 2.75) is 0 Å². The van der Waals surface area contributed by atoms with Crippen molar-refractivity contribution in [2.24, 2.45) is 0 Å². The van der Waals surface area contributed by atoms with Crippen LogP contribution in [0.25, 0.3) is 0 Å². The number of ether oxygens (including phenoxy) is 1. The Hall–Kier alpha value is -1.11. The maximum atomic E-state index is 12.0. The summed E-state index contributed by atoms with van der Waals surface area (Å²) >= 11 is 10.3. The van der Waals surface area contributed by atoms with Gasteiger partial charge in [-0.15, -0.1) is 11.3 Å². The van der Waals surface area contributed by atoms with E-state index in [0.29, 0.717) is 25.9 Å². The first-order valence-electron chi connectivity index (χ1n) is 4.85. The molecule has 1 N–H and O–H groups in total. The smallest absolute Gasteiger partial charge is 0.269 e. The van der Waals surface area contributed by atoms with Gasteiger partial charge in [-0.1, -0.05) is 11.6 Å². The molecule has 0 aromatic carbocycles. The minimum absolute atomic E-state index is 0.238. The second kappa shape index (κ2) is 5.69. The number of halogens is 2. The molecule has 0 atom stereocenters. The van der Waals surface area contributed by atoms with E-state index in [9.17, 15) is 4.79 Å². The molecule has 7 heteroatoms. The van der Waals surface area contributed by atoms with Crippen LogP contribution in [0, 0.1) is 0 Å². The largest absolute Gasteiger partial charge is 0.495 e. The highest BCUT2D eigenvalue weighted by atomic mass is 79.9. The Kier molecular flexibility index (Phi) is 4.21. The maximum Gasteiger partial charge on any atom is 0.269 e. The van der Waals surface area contributed by atoms with Crippen molar-refractivity contribution in [1.82, 2.24) is 4.98 Å². The van der Waals surface area contributed by atoms with E-state index in [1.165, 1.54) is 24.6 Å². The van der Waals surface area contributed by atoms with Gasteiger partial charge in [0.05, 0.1) is 23.5 Å². The van der Waals surface area contributed by atoms with Crippen LogP contribution >= 0.6 is 38.9 Å². The molecule has 0 bridgehead atoms. The van der Waals surface area contributed by atoms with Crippen LogP contribution in [0.15, 0.2) is 28.2 Å². The Morgan fingerprint density at radius 3 is 3.06 bits per heavy atom. The topological polar surface area (TPSA) is 51.2 Å². The fourth-order valence-electron chi connectivity index (χ4n) is 1.30. The Bertz CT molecular complexity index is 588. The number of methoxy groups -OCH3 is 1. The third kappa shape index (κ3) is 2.82. The van der Waals surface area contributed by atoms with Crippen molar-refractivity contribution < 1.29 is 9.53 Å². The SMILES string of the molecule is COc1ccsc1C(=O)Nc1cnc(Cl)c(Br)c1. The van der Waals surface area contributed by atoms with E-state index in [0.717, 1.165) is 0 Å². The summed E-state index contributed by atoms with van der Waals surface area (Å²) in [6.45, 7) is 0. The molecule has 2 aromatic heterocycles. The minimum Gasteiger partial charge on any atom is -0.495 e. The van der Waals surface area contributed by atoms with Crippen LogP contribution in [0.2, 0.25) is 5.15 Å². The average molecular weight is 348 g/mol. The Balaban J connectivity index is 2.19. The number of carbonyl (C=O) groups excluding carboxylic acids is 1. The van der Waals surface area contributed by atoms with Gasteiger partial charge in [-0.05, 0) is 33.4 Å². The number of hydrogen-bond donors (Lipinski definition) is 1. The summed E-state index contributed by atoms with van der Waals surface area (Å²) in [5, 5.41) is 4.87. The molecule has 1 amide bonds. The number of hydrogen-bond acceptors (Lipinski definition) is 4. The second-order valence-electron chi connectivity index (χ2n) is 3.27. The molecule has 0 aliphatic carbocycles. The molecule has 0 radical (unpaired) electrons. The molecule has 4 nitrogen and oxygen atoms in total. The van der Waals surface area contributed by atoms with E-state index in [1.54, 1.807) is 17.5 Å². The summed E-state index contributed by atoms with van der Waals surface area (Å²) in [4.78, 5) is 16.4. The van der Waals surface area contributed by atoms with Crippen LogP contribution in [0.3, 0.4) is 0 Å². The number of anilines is 1. The van der Waals surface area contributed by atoms with Crippen molar-refractivity contribution in [3.05, 3.63) is 38.2 Å². The number of carbonyl (C=O) groups is 1. The van der Waals surface area contributed by atoms with E-state index in [2.05, 4.69) is 26.2 Å². The highest BCUT2D eigenvalue weighted by Gasteiger charge is 2.14. The lowest BCUT2D eigenvalue weighted by Crippen LogP contribution is -2.11. The van der Waals surface area contributed by atoms with E-state index >= 15 is 0 Å². The van der Waals surface area contributed by atoms with Gasteiger partial charge >= 0.3 is 0 Å². The zero-order valence-corrected chi connectivity index (χ0v) is 12.4. The van der Waals surface area contributed by atoms with Crippen molar-refractivity contribution in [3.63, 3.8) is 0 Å². The van der Waals surface area contributed by atoms with Crippen molar-refractivity contribution in [2.75, 3.05) is 12.4 Å². The number of aromatic nitrogens is 1. The molecular weight excluding hydrogens is 340 g/mol. The Morgan fingerprint density at radius 1 is 1.61 bits per heavy atom. The third-order valence-electron chi connectivity index (χ3n) is 2.11. The number of thiophene rings is 1. The highest BCUT2D eigenvalue weighted by molar-refractivity contribution is 9.10. The summed E-state index contributed by atoms with van der Waals surface area (Å²) in [5.41, 5.74) is 0.562. The van der Waals surface area contributed by atoms with Crippen LogP contribution < -0.4 is 10.1 Å². The molecule has 0 saturated heterocycles. The van der Waals surface area contributed by atoms with Crippen LogP contribution in [0.4, 0.5) is 5.69 Å². The molecular formula is C11H8BrClN2O2S. The lowest BCUT2D eigenvalue weighted by Gasteiger charge is -2.06. The summed E-state index contributed by atoms with van der Waals surface area (Å²) < 4.78 is 5.72. The van der Waals surface area contributed by atoms with Crippen LogP contribution in [-0.2, 0) is 0 Å². The first kappa shape index (κ1) is 13.3. The summed E-state index contributed by atoms with van der Waals surface area (Å²) in [5.74, 6) is 0.316.